The number of hydrogen-bond donors (Lipinski definition) is 4. The van der Waals surface area contributed by atoms with Crippen LogP contribution in [0.1, 0.15) is 16.1 Å². The van der Waals surface area contributed by atoms with Crippen LogP contribution < -0.4 is 5.32 Å². The molecule has 0 radical (unpaired) electrons. The van der Waals surface area contributed by atoms with Crippen molar-refractivity contribution >= 4 is 54.1 Å². The number of aromatic nitrogens is 1. The topological polar surface area (TPSA) is 106 Å². The number of β-amino-alcohol motifs (C(OH)–C–C–N with tert-alkyl or cyclic N) is 2. The first-order chi connectivity index (χ1) is 15.0. The first kappa shape index (κ1) is 20.2. The van der Waals surface area contributed by atoms with Crippen molar-refractivity contribution in [2.45, 2.75) is 24.7 Å². The molecule has 160 valence electrons. The Morgan fingerprint density at radius 2 is 1.90 bits per heavy atom. The normalized spacial score (nSPS) is 19.9. The van der Waals surface area contributed by atoms with Gasteiger partial charge in [-0.2, -0.15) is 0 Å². The Balaban J connectivity index is 1.39. The smallest absolute Gasteiger partial charge is 0.268 e. The monoisotopic (exact) mass is 455 g/mol. The number of likely N-dealkylation sites (tertiary alicyclic amines) is 1. The molecule has 4 N–H and O–H groups in total. The van der Waals surface area contributed by atoms with Gasteiger partial charge in [0.15, 0.2) is 0 Å². The number of aromatic amines is 1. The minimum absolute atomic E-state index is 0.0511. The van der Waals surface area contributed by atoms with Crippen LogP contribution in [-0.2, 0) is 11.2 Å². The lowest BCUT2D eigenvalue weighted by Gasteiger charge is -2.24. The fourth-order valence-electron chi connectivity index (χ4n) is 3.95. The molecule has 0 spiro atoms. The Labute approximate surface area is 185 Å². The summed E-state index contributed by atoms with van der Waals surface area (Å²) < 4.78 is 2.21. The molecule has 0 aliphatic carbocycles. The summed E-state index contributed by atoms with van der Waals surface area (Å²) in [5.74, 6) is -0.678. The highest BCUT2D eigenvalue weighted by atomic mass is 32.2. The van der Waals surface area contributed by atoms with Gasteiger partial charge in [-0.25, -0.2) is 0 Å². The van der Waals surface area contributed by atoms with Crippen molar-refractivity contribution < 1.29 is 19.8 Å². The molecular weight excluding hydrogens is 434 g/mol. The van der Waals surface area contributed by atoms with E-state index >= 15 is 0 Å². The Morgan fingerprint density at radius 1 is 1.16 bits per heavy atom. The number of thiophene rings is 2. The van der Waals surface area contributed by atoms with Gasteiger partial charge in [0.05, 0.1) is 26.4 Å². The molecule has 7 nitrogen and oxygen atoms in total. The highest BCUT2D eigenvalue weighted by Crippen LogP contribution is 2.37. The predicted molar refractivity (Wildman–Crippen MR) is 122 cm³/mol. The Kier molecular flexibility index (Phi) is 5.27. The van der Waals surface area contributed by atoms with Crippen molar-refractivity contribution in [3.05, 3.63) is 59.1 Å². The Morgan fingerprint density at radius 3 is 2.65 bits per heavy atom. The zero-order valence-electron chi connectivity index (χ0n) is 16.4. The first-order valence-electron chi connectivity index (χ1n) is 9.98. The van der Waals surface area contributed by atoms with Crippen molar-refractivity contribution in [3.8, 4) is 0 Å². The van der Waals surface area contributed by atoms with Crippen LogP contribution in [0.15, 0.2) is 47.8 Å². The number of rotatable bonds is 5. The lowest BCUT2D eigenvalue weighted by Crippen LogP contribution is -2.49. The van der Waals surface area contributed by atoms with Gasteiger partial charge in [-0.05, 0) is 23.1 Å². The lowest BCUT2D eigenvalue weighted by atomic mass is 10.0. The number of hydrogen-bond acceptors (Lipinski definition) is 6. The lowest BCUT2D eigenvalue weighted by molar-refractivity contribution is -0.132. The van der Waals surface area contributed by atoms with E-state index in [1.54, 1.807) is 22.7 Å². The molecule has 5 rings (SSSR count). The van der Waals surface area contributed by atoms with Gasteiger partial charge in [-0.1, -0.05) is 30.3 Å². The van der Waals surface area contributed by atoms with E-state index in [-0.39, 0.29) is 24.9 Å². The summed E-state index contributed by atoms with van der Waals surface area (Å²) >= 11 is 3.30. The molecule has 1 aliphatic rings. The maximum Gasteiger partial charge on any atom is 0.268 e. The van der Waals surface area contributed by atoms with E-state index in [0.29, 0.717) is 12.1 Å². The third-order valence-electron chi connectivity index (χ3n) is 5.58. The molecule has 1 aliphatic heterocycles. The average molecular weight is 456 g/mol. The van der Waals surface area contributed by atoms with Crippen LogP contribution >= 0.6 is 22.7 Å². The summed E-state index contributed by atoms with van der Waals surface area (Å²) in [6.07, 6.45) is -1.63. The summed E-state index contributed by atoms with van der Waals surface area (Å²) in [5, 5.41) is 25.7. The molecule has 2 amide bonds. The number of carbonyl (C=O) groups excluding carboxylic acids is 2. The first-order valence-corrected chi connectivity index (χ1v) is 11.7. The van der Waals surface area contributed by atoms with Crippen molar-refractivity contribution in [1.29, 1.82) is 0 Å². The molecule has 31 heavy (non-hydrogen) atoms. The van der Waals surface area contributed by atoms with Gasteiger partial charge >= 0.3 is 0 Å². The molecule has 9 heteroatoms. The molecule has 3 unspecified atom stereocenters. The molecular formula is C22H21N3O4S2. The van der Waals surface area contributed by atoms with Crippen LogP contribution in [0.2, 0.25) is 0 Å². The molecule has 3 atom stereocenters. The van der Waals surface area contributed by atoms with Crippen LogP contribution in [0.25, 0.3) is 19.6 Å². The van der Waals surface area contributed by atoms with Crippen molar-refractivity contribution in [3.63, 3.8) is 0 Å². The zero-order chi connectivity index (χ0) is 21.5. The van der Waals surface area contributed by atoms with Gasteiger partial charge in [-0.3, -0.25) is 9.59 Å². The average Bonchev–Trinajstić information content (AvgIpc) is 3.50. The van der Waals surface area contributed by atoms with Crippen molar-refractivity contribution in [1.82, 2.24) is 15.2 Å². The summed E-state index contributed by atoms with van der Waals surface area (Å²) in [7, 11) is 0. The minimum atomic E-state index is -0.972. The van der Waals surface area contributed by atoms with E-state index in [0.717, 1.165) is 21.2 Å². The van der Waals surface area contributed by atoms with Crippen molar-refractivity contribution in [2.75, 3.05) is 13.1 Å². The predicted octanol–water partition coefficient (Wildman–Crippen LogP) is 2.35. The maximum absolute atomic E-state index is 13.2. The Hall–Kier alpha value is -2.72. The van der Waals surface area contributed by atoms with Gasteiger partial charge in [0.2, 0.25) is 5.91 Å². The minimum Gasteiger partial charge on any atom is -0.388 e. The molecule has 1 aromatic carbocycles. The summed E-state index contributed by atoms with van der Waals surface area (Å²) in [6, 6.07) is 12.5. The van der Waals surface area contributed by atoms with E-state index in [1.807, 2.05) is 47.8 Å². The van der Waals surface area contributed by atoms with Crippen molar-refractivity contribution in [2.24, 2.45) is 0 Å². The summed E-state index contributed by atoms with van der Waals surface area (Å²) in [4.78, 5) is 30.8. The SMILES string of the molecule is O=C(NC(Cc1ccccc1)C(=O)N1CC(O)C(O)C1)c1cc2sc3sccc3c2[nH]1. The number of H-pyrrole nitrogens is 1. The molecule has 0 saturated carbocycles. The number of fused-ring (bicyclic) bond motifs is 3. The van der Waals surface area contributed by atoms with Gasteiger partial charge in [0, 0.05) is 24.9 Å². The number of amides is 2. The summed E-state index contributed by atoms with van der Waals surface area (Å²) in [5.41, 5.74) is 2.25. The molecule has 4 aromatic rings. The maximum atomic E-state index is 13.2. The number of benzene rings is 1. The van der Waals surface area contributed by atoms with Gasteiger partial charge in [0.25, 0.3) is 5.91 Å². The number of carbonyl (C=O) groups is 2. The number of aliphatic hydroxyl groups excluding tert-OH is 2. The third-order valence-corrected chi connectivity index (χ3v) is 7.78. The van der Waals surface area contributed by atoms with E-state index < -0.39 is 18.2 Å². The second kappa shape index (κ2) is 8.08. The zero-order valence-corrected chi connectivity index (χ0v) is 18.1. The molecule has 3 aromatic heterocycles. The van der Waals surface area contributed by atoms with Gasteiger partial charge < -0.3 is 25.4 Å². The molecule has 0 bridgehead atoms. The molecule has 1 saturated heterocycles. The number of aliphatic hydroxyl groups is 2. The van der Waals surface area contributed by atoms with E-state index in [4.69, 9.17) is 0 Å². The van der Waals surface area contributed by atoms with Crippen LogP contribution in [0.4, 0.5) is 0 Å². The van der Waals surface area contributed by atoms with Crippen LogP contribution in [0, 0.1) is 0 Å². The highest BCUT2D eigenvalue weighted by molar-refractivity contribution is 7.41. The molecule has 4 heterocycles. The highest BCUT2D eigenvalue weighted by Gasteiger charge is 2.36. The van der Waals surface area contributed by atoms with Gasteiger partial charge in [0.1, 0.15) is 11.7 Å². The van der Waals surface area contributed by atoms with E-state index in [2.05, 4.69) is 10.3 Å². The number of nitrogens with zero attached hydrogens (tertiary/aromatic N) is 1. The third kappa shape index (κ3) is 3.85. The van der Waals surface area contributed by atoms with Crippen LogP contribution in [-0.4, -0.2) is 63.3 Å². The van der Waals surface area contributed by atoms with Gasteiger partial charge in [-0.15, -0.1) is 22.7 Å². The second-order valence-corrected chi connectivity index (χ2v) is 9.97. The fourth-order valence-corrected chi connectivity index (χ4v) is 6.13. The number of nitrogens with one attached hydrogen (secondary N) is 2. The van der Waals surface area contributed by atoms with Crippen LogP contribution in [0.5, 0.6) is 0 Å². The van der Waals surface area contributed by atoms with E-state index in [9.17, 15) is 19.8 Å². The standard InChI is InChI=1S/C22H21N3O4S2/c26-16-10-25(11-17(16)27)21(29)15(8-12-4-2-1-3-5-12)24-20(28)14-9-18-19(23-14)13-6-7-30-22(13)31-18/h1-7,9,15-17,23,26-27H,8,10-11H2,(H,24,28). The Bertz CT molecular complexity index is 1240. The second-order valence-electron chi connectivity index (χ2n) is 7.74. The van der Waals surface area contributed by atoms with Crippen LogP contribution in [0.3, 0.4) is 0 Å². The quantitative estimate of drug-likeness (QED) is 0.371. The molecule has 1 fully saturated rings. The fraction of sp³-hybridized carbons (Fsp3) is 0.273. The van der Waals surface area contributed by atoms with E-state index in [1.165, 1.54) is 8.91 Å². The summed E-state index contributed by atoms with van der Waals surface area (Å²) in [6.45, 7) is 0.102. The largest absolute Gasteiger partial charge is 0.388 e.